The number of anilines is 6. The minimum absolute atomic E-state index is 0.0238. The van der Waals surface area contributed by atoms with Gasteiger partial charge in [-0.05, 0) is 64.8 Å². The molecule has 0 bridgehead atoms. The van der Waals surface area contributed by atoms with E-state index in [-0.39, 0.29) is 39.7 Å². The summed E-state index contributed by atoms with van der Waals surface area (Å²) in [7, 11) is -3.56. The highest BCUT2D eigenvalue weighted by atomic mass is 35.5. The van der Waals surface area contributed by atoms with Crippen LogP contribution < -0.4 is 26.0 Å². The molecule has 2 heterocycles. The Balaban J connectivity index is 1.66. The number of piperidine rings is 1. The second-order valence-corrected chi connectivity index (χ2v) is 12.9. The Hall–Kier alpha value is -3.28. The number of sulfone groups is 1. The highest BCUT2D eigenvalue weighted by Crippen LogP contribution is 2.37. The summed E-state index contributed by atoms with van der Waals surface area (Å²) in [5.41, 5.74) is 8.06. The van der Waals surface area contributed by atoms with Gasteiger partial charge in [-0.3, -0.25) is 0 Å². The summed E-state index contributed by atoms with van der Waals surface area (Å²) in [6, 6.07) is 12.4. The first-order valence-corrected chi connectivity index (χ1v) is 14.8. The van der Waals surface area contributed by atoms with Gasteiger partial charge in [-0.2, -0.15) is 9.97 Å². The van der Waals surface area contributed by atoms with Crippen molar-refractivity contribution in [3.8, 4) is 5.75 Å². The molecule has 1 fully saturated rings. The normalized spacial score (nSPS) is 14.6. The SMILES string of the molecule is CC(C)Oc1cc(N2CCC(O)CC2)ccc1Nc1nc(Nc2ccccc2S(=O)(=O)C(C)C)nc(N)c1Cl. The van der Waals surface area contributed by atoms with E-state index >= 15 is 0 Å². The summed E-state index contributed by atoms with van der Waals surface area (Å²) in [4.78, 5) is 11.1. The molecule has 0 aliphatic carbocycles. The number of rotatable bonds is 9. The van der Waals surface area contributed by atoms with Crippen molar-refractivity contribution in [2.75, 3.05) is 34.4 Å². The molecule has 5 N–H and O–H groups in total. The van der Waals surface area contributed by atoms with E-state index in [1.807, 2.05) is 32.0 Å². The topological polar surface area (TPSA) is 143 Å². The Morgan fingerprint density at radius 3 is 2.41 bits per heavy atom. The number of halogens is 1. The second kappa shape index (κ2) is 11.8. The molecule has 0 unspecified atom stereocenters. The lowest BCUT2D eigenvalue weighted by molar-refractivity contribution is 0.145. The van der Waals surface area contributed by atoms with Crippen molar-refractivity contribution in [3.63, 3.8) is 0 Å². The molecule has 1 aliphatic rings. The molecule has 12 heteroatoms. The molecule has 3 aromatic rings. The fourth-order valence-corrected chi connectivity index (χ4v) is 5.54. The monoisotopic (exact) mass is 574 g/mol. The quantitative estimate of drug-likeness (QED) is 0.271. The average molecular weight is 575 g/mol. The summed E-state index contributed by atoms with van der Waals surface area (Å²) in [6.07, 6.45) is 1.08. The number of aliphatic hydroxyl groups excluding tert-OH is 1. The Morgan fingerprint density at radius 2 is 1.74 bits per heavy atom. The average Bonchev–Trinajstić information content (AvgIpc) is 2.88. The molecule has 1 saturated heterocycles. The number of ether oxygens (including phenoxy) is 1. The number of nitrogen functional groups attached to an aromatic ring is 1. The van der Waals surface area contributed by atoms with Gasteiger partial charge in [0.1, 0.15) is 16.6 Å². The van der Waals surface area contributed by atoms with Gasteiger partial charge >= 0.3 is 0 Å². The maximum Gasteiger partial charge on any atom is 0.231 e. The Morgan fingerprint density at radius 1 is 1.05 bits per heavy atom. The fraction of sp³-hybridized carbons (Fsp3) is 0.407. The molecule has 1 aromatic heterocycles. The Bertz CT molecular complexity index is 1430. The maximum absolute atomic E-state index is 12.9. The highest BCUT2D eigenvalue weighted by Gasteiger charge is 2.24. The van der Waals surface area contributed by atoms with Crippen LogP contribution in [0, 0.1) is 0 Å². The summed E-state index contributed by atoms with van der Waals surface area (Å²) >= 11 is 6.48. The summed E-state index contributed by atoms with van der Waals surface area (Å²) in [6.45, 7) is 8.64. The second-order valence-electron chi connectivity index (χ2n) is 10.0. The number of para-hydroxylation sites is 1. The van der Waals surface area contributed by atoms with Gasteiger partial charge in [0.25, 0.3) is 0 Å². The van der Waals surface area contributed by atoms with Gasteiger partial charge in [0.2, 0.25) is 5.95 Å². The predicted molar refractivity (Wildman–Crippen MR) is 156 cm³/mol. The van der Waals surface area contributed by atoms with E-state index in [1.165, 1.54) is 6.07 Å². The van der Waals surface area contributed by atoms with Crippen LogP contribution in [0.25, 0.3) is 0 Å². The molecule has 0 saturated carbocycles. The third kappa shape index (κ3) is 6.66. The molecule has 0 atom stereocenters. The number of nitrogens with one attached hydrogen (secondary N) is 2. The van der Waals surface area contributed by atoms with Crippen LogP contribution in [0.1, 0.15) is 40.5 Å². The van der Waals surface area contributed by atoms with Crippen LogP contribution in [-0.2, 0) is 9.84 Å². The van der Waals surface area contributed by atoms with Crippen molar-refractivity contribution < 1.29 is 18.3 Å². The van der Waals surface area contributed by atoms with Crippen molar-refractivity contribution in [1.29, 1.82) is 0 Å². The summed E-state index contributed by atoms with van der Waals surface area (Å²) < 4.78 is 31.9. The first-order chi connectivity index (χ1) is 18.5. The highest BCUT2D eigenvalue weighted by molar-refractivity contribution is 7.92. The first kappa shape index (κ1) is 28.7. The molecule has 0 amide bonds. The number of nitrogens with two attached hydrogens (primary N) is 1. The minimum atomic E-state index is -3.56. The zero-order valence-electron chi connectivity index (χ0n) is 22.5. The number of hydrogen-bond acceptors (Lipinski definition) is 10. The van der Waals surface area contributed by atoms with Crippen LogP contribution >= 0.6 is 11.6 Å². The molecule has 4 rings (SSSR count). The molecule has 1 aliphatic heterocycles. The molecule has 0 radical (unpaired) electrons. The van der Waals surface area contributed by atoms with Crippen LogP contribution in [0.5, 0.6) is 5.75 Å². The first-order valence-electron chi connectivity index (χ1n) is 12.9. The van der Waals surface area contributed by atoms with Gasteiger partial charge < -0.3 is 31.1 Å². The van der Waals surface area contributed by atoms with E-state index in [0.29, 0.717) is 30.0 Å². The maximum atomic E-state index is 12.9. The van der Waals surface area contributed by atoms with Crippen molar-refractivity contribution in [2.45, 2.75) is 62.9 Å². The largest absolute Gasteiger partial charge is 0.489 e. The minimum Gasteiger partial charge on any atom is -0.489 e. The third-order valence-electron chi connectivity index (χ3n) is 6.35. The van der Waals surface area contributed by atoms with E-state index in [1.54, 1.807) is 32.0 Å². The lowest BCUT2D eigenvalue weighted by Gasteiger charge is -2.32. The molecule has 10 nitrogen and oxygen atoms in total. The van der Waals surface area contributed by atoms with Gasteiger partial charge in [-0.25, -0.2) is 8.42 Å². The lowest BCUT2D eigenvalue weighted by Crippen LogP contribution is -2.35. The lowest BCUT2D eigenvalue weighted by atomic mass is 10.1. The molecule has 2 aromatic carbocycles. The zero-order valence-corrected chi connectivity index (χ0v) is 24.1. The van der Waals surface area contributed by atoms with Crippen molar-refractivity contribution >= 4 is 56.1 Å². The standard InChI is InChI=1S/C27H35ClN6O4S/c1-16(2)38-22-15-18(34-13-11-19(35)12-14-34)9-10-20(22)30-26-24(28)25(29)32-27(33-26)31-21-7-5-6-8-23(21)39(36,37)17(3)4/h5-10,15-17,19,35H,11-14H2,1-4H3,(H4,29,30,31,32,33). The van der Waals surface area contributed by atoms with Gasteiger partial charge in [0, 0.05) is 24.8 Å². The molecular formula is C27H35ClN6O4S. The molecule has 39 heavy (non-hydrogen) atoms. The van der Waals surface area contributed by atoms with E-state index < -0.39 is 15.1 Å². The van der Waals surface area contributed by atoms with E-state index in [4.69, 9.17) is 22.1 Å². The molecular weight excluding hydrogens is 540 g/mol. The van der Waals surface area contributed by atoms with E-state index in [0.717, 1.165) is 18.8 Å². The van der Waals surface area contributed by atoms with E-state index in [9.17, 15) is 13.5 Å². The van der Waals surface area contributed by atoms with Crippen LogP contribution in [0.4, 0.5) is 34.6 Å². The zero-order chi connectivity index (χ0) is 28.3. The number of hydrogen-bond donors (Lipinski definition) is 4. The van der Waals surface area contributed by atoms with Gasteiger partial charge in [0.15, 0.2) is 15.7 Å². The Kier molecular flexibility index (Phi) is 8.73. The van der Waals surface area contributed by atoms with Crippen molar-refractivity contribution in [3.05, 3.63) is 47.5 Å². The third-order valence-corrected chi connectivity index (χ3v) is 8.93. The van der Waals surface area contributed by atoms with Crippen molar-refractivity contribution in [2.24, 2.45) is 0 Å². The van der Waals surface area contributed by atoms with Crippen molar-refractivity contribution in [1.82, 2.24) is 9.97 Å². The fourth-order valence-electron chi connectivity index (χ4n) is 4.21. The Labute approximate surface area is 234 Å². The predicted octanol–water partition coefficient (Wildman–Crippen LogP) is 5.13. The van der Waals surface area contributed by atoms with Gasteiger partial charge in [0.05, 0.1) is 33.7 Å². The number of nitrogens with zero attached hydrogens (tertiary/aromatic N) is 3. The van der Waals surface area contributed by atoms with Crippen LogP contribution in [-0.4, -0.2) is 54.0 Å². The van der Waals surface area contributed by atoms with Gasteiger partial charge in [-0.15, -0.1) is 0 Å². The molecule has 0 spiro atoms. The van der Waals surface area contributed by atoms with E-state index in [2.05, 4.69) is 25.5 Å². The number of aliphatic hydroxyl groups is 1. The van der Waals surface area contributed by atoms with Crippen LogP contribution in [0.15, 0.2) is 47.4 Å². The summed E-state index contributed by atoms with van der Waals surface area (Å²) in [5.74, 6) is 0.944. The number of aromatic nitrogens is 2. The number of benzene rings is 2. The van der Waals surface area contributed by atoms with Crippen LogP contribution in [0.2, 0.25) is 5.02 Å². The molecule has 210 valence electrons. The van der Waals surface area contributed by atoms with Crippen LogP contribution in [0.3, 0.4) is 0 Å². The van der Waals surface area contributed by atoms with Gasteiger partial charge in [-0.1, -0.05) is 23.7 Å². The smallest absolute Gasteiger partial charge is 0.231 e. The summed E-state index contributed by atoms with van der Waals surface area (Å²) in [5, 5.41) is 15.6.